The van der Waals surface area contributed by atoms with E-state index in [1.165, 1.54) is 10.8 Å². The van der Waals surface area contributed by atoms with Gasteiger partial charge in [-0.15, -0.1) is 0 Å². The van der Waals surface area contributed by atoms with Gasteiger partial charge in [-0.3, -0.25) is 19.1 Å². The Morgan fingerprint density at radius 2 is 1.79 bits per heavy atom. The summed E-state index contributed by atoms with van der Waals surface area (Å²) in [6.07, 6.45) is -3.30. The minimum atomic E-state index is -5.02. The largest absolute Gasteiger partial charge is 0.435 e. The Morgan fingerprint density at radius 1 is 1.08 bits per heavy atom. The van der Waals surface area contributed by atoms with Gasteiger partial charge in [0.25, 0.3) is 5.92 Å². The molecule has 0 saturated heterocycles. The number of halogens is 7. The maximum atomic E-state index is 15.3. The lowest BCUT2D eigenvalue weighted by atomic mass is 9.86. The topological polar surface area (TPSA) is 99.7 Å². The smallest absolute Gasteiger partial charge is 0.298 e. The van der Waals surface area contributed by atoms with Crippen molar-refractivity contribution in [3.8, 4) is 11.1 Å². The summed E-state index contributed by atoms with van der Waals surface area (Å²) in [5.41, 5.74) is -0.441. The van der Waals surface area contributed by atoms with Crippen LogP contribution in [0.15, 0.2) is 55.1 Å². The van der Waals surface area contributed by atoms with E-state index < -0.39 is 87.0 Å². The average molecular weight is 746 g/mol. The number of para-hydroxylation sites is 1. The van der Waals surface area contributed by atoms with Gasteiger partial charge >= 0.3 is 6.18 Å². The Bertz CT molecular complexity index is 2380. The van der Waals surface area contributed by atoms with Crippen molar-refractivity contribution in [3.63, 3.8) is 0 Å². The van der Waals surface area contributed by atoms with Gasteiger partial charge < -0.3 is 0 Å². The molecule has 52 heavy (non-hydrogen) atoms. The summed E-state index contributed by atoms with van der Waals surface area (Å²) < 4.78 is 128. The van der Waals surface area contributed by atoms with Crippen molar-refractivity contribution in [1.29, 1.82) is 0 Å². The van der Waals surface area contributed by atoms with Crippen molar-refractivity contribution < 1.29 is 43.9 Å². The van der Waals surface area contributed by atoms with E-state index >= 15 is 8.78 Å². The number of aryl methyl sites for hydroxylation is 1. The molecule has 0 unspecified atom stereocenters. The van der Waals surface area contributed by atoms with Gasteiger partial charge in [0.05, 0.1) is 28.4 Å². The molecular formula is C36H30F7N5O3S. The van der Waals surface area contributed by atoms with Gasteiger partial charge in [0.2, 0.25) is 0 Å². The van der Waals surface area contributed by atoms with Crippen LogP contribution in [0.3, 0.4) is 0 Å². The van der Waals surface area contributed by atoms with E-state index in [9.17, 15) is 35.2 Å². The molecule has 3 heterocycles. The standard InChI is InChI=1S/C36H30F7N5O3S/c1-4-22-8-9-24(25-6-5-7-26-29(17-52(3,50)51)45-47(2)32(25)26)31(44-22)19(10-18-11-20(37)14-21(38)12-18)13-23(49)16-48-34-30(33(46-48)36(41,42)43)27-15-28(27)35(34,39)40/h4-9,11-12,14,19,27-28H,1,10,13,15-17H2,2-3H3/t19-,27+,28-/m1/s1. The summed E-state index contributed by atoms with van der Waals surface area (Å²) in [7, 11) is -1.86. The minimum Gasteiger partial charge on any atom is -0.298 e. The zero-order chi connectivity index (χ0) is 37.5. The summed E-state index contributed by atoms with van der Waals surface area (Å²) in [6.45, 7) is 2.85. The molecule has 3 aromatic heterocycles. The van der Waals surface area contributed by atoms with Crippen LogP contribution >= 0.6 is 0 Å². The van der Waals surface area contributed by atoms with Gasteiger partial charge in [0.15, 0.2) is 21.3 Å². The van der Waals surface area contributed by atoms with Gasteiger partial charge in [-0.1, -0.05) is 30.8 Å². The van der Waals surface area contributed by atoms with Crippen molar-refractivity contribution in [3.05, 3.63) is 106 Å². The Balaban J connectivity index is 1.34. The molecule has 0 N–H and O–H groups in total. The lowest BCUT2D eigenvalue weighted by Crippen LogP contribution is -2.24. The Morgan fingerprint density at radius 3 is 2.44 bits per heavy atom. The van der Waals surface area contributed by atoms with Crippen molar-refractivity contribution >= 4 is 32.6 Å². The van der Waals surface area contributed by atoms with Crippen LogP contribution in [0.1, 0.15) is 64.3 Å². The molecule has 8 nitrogen and oxygen atoms in total. The highest BCUT2D eigenvalue weighted by Crippen LogP contribution is 2.68. The predicted octanol–water partition coefficient (Wildman–Crippen LogP) is 7.51. The van der Waals surface area contributed by atoms with Gasteiger partial charge in [-0.2, -0.15) is 32.1 Å². The monoisotopic (exact) mass is 745 g/mol. The fourth-order valence-corrected chi connectivity index (χ4v) is 8.21. The second kappa shape index (κ2) is 12.4. The first-order valence-corrected chi connectivity index (χ1v) is 18.2. The molecule has 1 saturated carbocycles. The van der Waals surface area contributed by atoms with E-state index in [4.69, 9.17) is 4.98 Å². The third-order valence-electron chi connectivity index (χ3n) is 9.58. The zero-order valence-corrected chi connectivity index (χ0v) is 28.5. The van der Waals surface area contributed by atoms with E-state index in [0.29, 0.717) is 44.2 Å². The molecule has 2 aliphatic rings. The number of carbonyl (C=O) groups excluding carboxylic acids is 1. The molecule has 16 heteroatoms. The molecule has 7 rings (SSSR count). The lowest BCUT2D eigenvalue weighted by Gasteiger charge is -2.22. The van der Waals surface area contributed by atoms with Crippen molar-refractivity contribution in [2.75, 3.05) is 6.26 Å². The van der Waals surface area contributed by atoms with Crippen LogP contribution in [0.2, 0.25) is 0 Å². The highest BCUT2D eigenvalue weighted by atomic mass is 32.2. The van der Waals surface area contributed by atoms with E-state index in [2.05, 4.69) is 16.8 Å². The summed E-state index contributed by atoms with van der Waals surface area (Å²) in [5, 5.41) is 8.43. The van der Waals surface area contributed by atoms with Crippen molar-refractivity contribution in [2.45, 2.75) is 55.5 Å². The van der Waals surface area contributed by atoms with E-state index in [1.54, 1.807) is 37.4 Å². The number of benzene rings is 2. The molecule has 2 aromatic carbocycles. The average Bonchev–Trinajstić information content (AvgIpc) is 3.59. The fourth-order valence-electron chi connectivity index (χ4n) is 7.50. The van der Waals surface area contributed by atoms with Crippen LogP contribution in [0.4, 0.5) is 30.7 Å². The van der Waals surface area contributed by atoms with Crippen LogP contribution in [-0.2, 0) is 52.5 Å². The second-order valence-electron chi connectivity index (χ2n) is 13.5. The molecule has 0 radical (unpaired) electrons. The molecule has 272 valence electrons. The highest BCUT2D eigenvalue weighted by Gasteiger charge is 2.68. The summed E-state index contributed by atoms with van der Waals surface area (Å²) in [6, 6.07) is 11.2. The number of hydrogen-bond donors (Lipinski definition) is 0. The number of sulfone groups is 1. The summed E-state index contributed by atoms with van der Waals surface area (Å²) in [4.78, 5) is 18.6. The SMILES string of the molecule is C=Cc1ccc(-c2cccc3c(CS(C)(=O)=O)nn(C)c23)c([C@@H](CC(=O)Cn2nc(C(F)(F)F)c3c2C(F)(F)[C@@H]2C[C@H]32)Cc2cc(F)cc(F)c2)n1. The number of pyridine rings is 1. The zero-order valence-electron chi connectivity index (χ0n) is 27.7. The molecule has 0 amide bonds. The van der Waals surface area contributed by atoms with Crippen LogP contribution in [-0.4, -0.2) is 45.0 Å². The number of Topliss-reactive ketones (excluding diaryl/α,β-unsaturated/α-hetero) is 1. The molecule has 5 aromatic rings. The molecule has 3 atom stereocenters. The third-order valence-corrected chi connectivity index (χ3v) is 10.4. The summed E-state index contributed by atoms with van der Waals surface area (Å²) in [5.74, 6) is -9.80. The van der Waals surface area contributed by atoms with Crippen molar-refractivity contribution in [1.82, 2.24) is 24.5 Å². The van der Waals surface area contributed by atoms with E-state index in [-0.39, 0.29) is 29.9 Å². The molecule has 2 aliphatic carbocycles. The summed E-state index contributed by atoms with van der Waals surface area (Å²) >= 11 is 0. The van der Waals surface area contributed by atoms with Crippen LogP contribution < -0.4 is 0 Å². The number of ketones is 1. The molecule has 0 aliphatic heterocycles. The Hall–Kier alpha value is -4.86. The molecule has 0 spiro atoms. The second-order valence-corrected chi connectivity index (χ2v) is 15.6. The fraction of sp³-hybridized carbons (Fsp3) is 0.333. The first kappa shape index (κ1) is 35.5. The first-order chi connectivity index (χ1) is 24.4. The molecule has 0 bridgehead atoms. The maximum Gasteiger partial charge on any atom is 0.435 e. The minimum absolute atomic E-state index is 0.109. The lowest BCUT2D eigenvalue weighted by molar-refractivity contribution is -0.142. The van der Waals surface area contributed by atoms with Gasteiger partial charge in [0.1, 0.15) is 23.9 Å². The predicted molar refractivity (Wildman–Crippen MR) is 177 cm³/mol. The van der Waals surface area contributed by atoms with Gasteiger partial charge in [0, 0.05) is 59.7 Å². The molecular weight excluding hydrogens is 715 g/mol. The van der Waals surface area contributed by atoms with Crippen LogP contribution in [0.5, 0.6) is 0 Å². The first-order valence-electron chi connectivity index (χ1n) is 16.1. The Labute approximate surface area is 292 Å². The maximum absolute atomic E-state index is 15.3. The number of nitrogens with zero attached hydrogens (tertiary/aromatic N) is 5. The number of fused-ring (bicyclic) bond motifs is 4. The van der Waals surface area contributed by atoms with Gasteiger partial charge in [-0.05, 0) is 48.6 Å². The normalized spacial score (nSPS) is 18.3. The van der Waals surface area contributed by atoms with Crippen molar-refractivity contribution in [2.24, 2.45) is 13.0 Å². The number of alkyl halides is 5. The quantitative estimate of drug-likeness (QED) is 0.130. The van der Waals surface area contributed by atoms with Crippen LogP contribution in [0.25, 0.3) is 28.1 Å². The molecule has 1 fully saturated rings. The number of aromatic nitrogens is 5. The van der Waals surface area contributed by atoms with Gasteiger partial charge in [-0.25, -0.2) is 17.2 Å². The number of hydrogen-bond acceptors (Lipinski definition) is 6. The number of carbonyl (C=O) groups is 1. The Kier molecular flexibility index (Phi) is 8.46. The number of rotatable bonds is 11. The van der Waals surface area contributed by atoms with E-state index in [0.717, 1.165) is 18.4 Å². The van der Waals surface area contributed by atoms with E-state index in [1.807, 2.05) is 0 Å². The third kappa shape index (κ3) is 6.41. The highest BCUT2D eigenvalue weighted by molar-refractivity contribution is 7.89. The van der Waals surface area contributed by atoms with Crippen LogP contribution in [0, 0.1) is 17.6 Å².